The van der Waals surface area contributed by atoms with Gasteiger partial charge in [0.25, 0.3) is 0 Å². The van der Waals surface area contributed by atoms with Crippen LogP contribution in [0.15, 0.2) is 30.3 Å². The standard InChI is InChI=1S/C13H18NO7P/c1-18-12(15)11(22(17,19-2)20-3)14-13(16)21-9-10-7-5-4-6-8-10/h4-8,11H,9H2,1-3H3,(H,14,16)/t11-/m0/s1. The Hall–Kier alpha value is -1.89. The number of hydrogen-bond donors (Lipinski definition) is 1. The molecule has 1 amide bonds. The van der Waals surface area contributed by atoms with Gasteiger partial charge in [-0.25, -0.2) is 9.59 Å². The summed E-state index contributed by atoms with van der Waals surface area (Å²) in [4.78, 5) is 23.4. The lowest BCUT2D eigenvalue weighted by atomic mass is 10.2. The van der Waals surface area contributed by atoms with Crippen LogP contribution in [0.1, 0.15) is 5.56 Å². The van der Waals surface area contributed by atoms with Crippen LogP contribution in [0.5, 0.6) is 0 Å². The average Bonchev–Trinajstić information content (AvgIpc) is 2.57. The second kappa shape index (κ2) is 8.53. The van der Waals surface area contributed by atoms with E-state index < -0.39 is 25.4 Å². The maximum absolute atomic E-state index is 12.2. The molecule has 1 aromatic rings. The zero-order valence-electron chi connectivity index (χ0n) is 12.5. The molecule has 0 saturated carbocycles. The highest BCUT2D eigenvalue weighted by atomic mass is 31.2. The van der Waals surface area contributed by atoms with Gasteiger partial charge >= 0.3 is 19.7 Å². The summed E-state index contributed by atoms with van der Waals surface area (Å²) in [5.41, 5.74) is 0.758. The van der Waals surface area contributed by atoms with Crippen LogP contribution < -0.4 is 5.32 Å². The molecule has 0 spiro atoms. The lowest BCUT2D eigenvalue weighted by Crippen LogP contribution is -2.42. The Bertz CT molecular complexity index is 541. The van der Waals surface area contributed by atoms with Crippen molar-refractivity contribution in [2.24, 2.45) is 0 Å². The molecular formula is C13H18NO7P. The molecule has 0 bridgehead atoms. The van der Waals surface area contributed by atoms with Crippen LogP contribution in [0.3, 0.4) is 0 Å². The number of methoxy groups -OCH3 is 1. The quantitative estimate of drug-likeness (QED) is 0.601. The van der Waals surface area contributed by atoms with Crippen molar-refractivity contribution in [2.45, 2.75) is 12.4 Å². The number of amides is 1. The van der Waals surface area contributed by atoms with E-state index in [1.54, 1.807) is 24.3 Å². The smallest absolute Gasteiger partial charge is 0.408 e. The Morgan fingerprint density at radius 1 is 1.14 bits per heavy atom. The van der Waals surface area contributed by atoms with Gasteiger partial charge in [-0.15, -0.1) is 0 Å². The molecule has 1 rings (SSSR count). The first kappa shape index (κ1) is 18.2. The first-order chi connectivity index (χ1) is 10.5. The molecule has 0 aliphatic carbocycles. The predicted molar refractivity (Wildman–Crippen MR) is 77.2 cm³/mol. The van der Waals surface area contributed by atoms with E-state index in [-0.39, 0.29) is 6.61 Å². The van der Waals surface area contributed by atoms with Crippen LogP contribution in [-0.4, -0.2) is 39.2 Å². The second-order valence-corrected chi connectivity index (χ2v) is 6.36. The minimum absolute atomic E-state index is 0.00910. The number of carbonyl (C=O) groups is 2. The third kappa shape index (κ3) is 4.84. The van der Waals surface area contributed by atoms with Crippen molar-refractivity contribution >= 4 is 19.7 Å². The van der Waals surface area contributed by atoms with Gasteiger partial charge in [0.1, 0.15) is 6.61 Å². The van der Waals surface area contributed by atoms with Crippen LogP contribution in [0.25, 0.3) is 0 Å². The lowest BCUT2D eigenvalue weighted by molar-refractivity contribution is -0.141. The molecule has 0 aliphatic heterocycles. The second-order valence-electron chi connectivity index (χ2n) is 4.04. The van der Waals surface area contributed by atoms with E-state index >= 15 is 0 Å². The number of nitrogens with one attached hydrogen (secondary N) is 1. The molecule has 22 heavy (non-hydrogen) atoms. The zero-order chi connectivity index (χ0) is 16.6. The number of carbonyl (C=O) groups excluding carboxylic acids is 2. The third-order valence-corrected chi connectivity index (χ3v) is 4.71. The molecule has 0 radical (unpaired) electrons. The maximum Gasteiger partial charge on any atom is 0.408 e. The zero-order valence-corrected chi connectivity index (χ0v) is 13.4. The molecule has 0 heterocycles. The number of ether oxygens (including phenoxy) is 2. The van der Waals surface area contributed by atoms with Gasteiger partial charge in [-0.1, -0.05) is 30.3 Å². The fourth-order valence-electron chi connectivity index (χ4n) is 1.54. The summed E-state index contributed by atoms with van der Waals surface area (Å²) in [6, 6.07) is 8.93. The van der Waals surface area contributed by atoms with Crippen LogP contribution >= 0.6 is 7.60 Å². The SMILES string of the molecule is COC(=O)[C@@H](NC(=O)OCc1ccccc1)P(=O)(OC)OC. The highest BCUT2D eigenvalue weighted by Gasteiger charge is 2.42. The first-order valence-corrected chi connectivity index (χ1v) is 7.84. The Morgan fingerprint density at radius 2 is 1.73 bits per heavy atom. The van der Waals surface area contributed by atoms with Crippen molar-refractivity contribution in [1.82, 2.24) is 5.32 Å². The Balaban J connectivity index is 2.71. The van der Waals surface area contributed by atoms with Crippen molar-refractivity contribution in [2.75, 3.05) is 21.3 Å². The van der Waals surface area contributed by atoms with Gasteiger partial charge in [0.15, 0.2) is 0 Å². The molecule has 1 N–H and O–H groups in total. The molecule has 1 aromatic carbocycles. The fraction of sp³-hybridized carbons (Fsp3) is 0.385. The number of rotatable bonds is 7. The molecule has 0 fully saturated rings. The molecule has 0 aliphatic rings. The predicted octanol–water partition coefficient (Wildman–Crippen LogP) is 1.90. The normalized spacial score (nSPS) is 12.3. The molecule has 0 unspecified atom stereocenters. The third-order valence-electron chi connectivity index (χ3n) is 2.72. The van der Waals surface area contributed by atoms with E-state index in [0.717, 1.165) is 26.9 Å². The first-order valence-electron chi connectivity index (χ1n) is 6.23. The van der Waals surface area contributed by atoms with Crippen molar-refractivity contribution < 1.29 is 32.7 Å². The molecule has 122 valence electrons. The van der Waals surface area contributed by atoms with Crippen molar-refractivity contribution in [3.05, 3.63) is 35.9 Å². The average molecular weight is 331 g/mol. The van der Waals surface area contributed by atoms with E-state index in [0.29, 0.717) is 0 Å². The minimum atomic E-state index is -3.90. The molecule has 0 aromatic heterocycles. The molecule has 9 heteroatoms. The van der Waals surface area contributed by atoms with Crippen molar-refractivity contribution in [3.63, 3.8) is 0 Å². The summed E-state index contributed by atoms with van der Waals surface area (Å²) < 4.78 is 31.1. The van der Waals surface area contributed by atoms with Gasteiger partial charge in [0, 0.05) is 14.2 Å². The molecular weight excluding hydrogens is 313 g/mol. The summed E-state index contributed by atoms with van der Waals surface area (Å²) in [6.45, 7) is -0.00910. The van der Waals surface area contributed by atoms with E-state index in [2.05, 4.69) is 10.1 Å². The Morgan fingerprint density at radius 3 is 2.23 bits per heavy atom. The summed E-state index contributed by atoms with van der Waals surface area (Å²) in [5.74, 6) is -2.58. The fourth-order valence-corrected chi connectivity index (χ4v) is 2.74. The highest BCUT2D eigenvalue weighted by molar-refractivity contribution is 7.55. The van der Waals surface area contributed by atoms with Crippen molar-refractivity contribution in [1.29, 1.82) is 0 Å². The van der Waals surface area contributed by atoms with Gasteiger partial charge in [-0.05, 0) is 5.56 Å². The number of alkyl carbamates (subject to hydrolysis) is 1. The van der Waals surface area contributed by atoms with E-state index in [1.165, 1.54) is 0 Å². The highest BCUT2D eigenvalue weighted by Crippen LogP contribution is 2.50. The summed E-state index contributed by atoms with van der Waals surface area (Å²) in [5, 5.41) is 2.13. The number of benzene rings is 1. The van der Waals surface area contributed by atoms with Crippen LogP contribution in [-0.2, 0) is 34.5 Å². The van der Waals surface area contributed by atoms with Gasteiger partial charge < -0.3 is 18.5 Å². The Labute approximate surface area is 128 Å². The molecule has 8 nitrogen and oxygen atoms in total. The van der Waals surface area contributed by atoms with Crippen LogP contribution in [0.4, 0.5) is 4.79 Å². The molecule has 1 atom stereocenters. The lowest BCUT2D eigenvalue weighted by Gasteiger charge is -2.22. The summed E-state index contributed by atoms with van der Waals surface area (Å²) in [7, 11) is -0.626. The van der Waals surface area contributed by atoms with Crippen LogP contribution in [0.2, 0.25) is 0 Å². The van der Waals surface area contributed by atoms with Gasteiger partial charge in [0.05, 0.1) is 7.11 Å². The van der Waals surface area contributed by atoms with Gasteiger partial charge in [-0.3, -0.25) is 9.88 Å². The summed E-state index contributed by atoms with van der Waals surface area (Å²) >= 11 is 0. The van der Waals surface area contributed by atoms with Gasteiger partial charge in [-0.2, -0.15) is 0 Å². The van der Waals surface area contributed by atoms with E-state index in [1.807, 2.05) is 6.07 Å². The Kier molecular flexibility index (Phi) is 7.04. The topological polar surface area (TPSA) is 100 Å². The molecule has 0 saturated heterocycles. The van der Waals surface area contributed by atoms with E-state index in [4.69, 9.17) is 13.8 Å². The van der Waals surface area contributed by atoms with Gasteiger partial charge in [0.2, 0.25) is 5.78 Å². The minimum Gasteiger partial charge on any atom is -0.467 e. The monoisotopic (exact) mass is 331 g/mol. The maximum atomic E-state index is 12.2. The van der Waals surface area contributed by atoms with Crippen molar-refractivity contribution in [3.8, 4) is 0 Å². The largest absolute Gasteiger partial charge is 0.467 e. The number of esters is 1. The van der Waals surface area contributed by atoms with Crippen LogP contribution in [0, 0.1) is 0 Å². The summed E-state index contributed by atoms with van der Waals surface area (Å²) in [6.07, 6.45) is -0.950. The van der Waals surface area contributed by atoms with E-state index in [9.17, 15) is 14.2 Å². The number of hydrogen-bond acceptors (Lipinski definition) is 7.